The molecule has 1 fully saturated rings. The molecule has 0 aromatic rings. The van der Waals surface area contributed by atoms with Crippen molar-refractivity contribution >= 4 is 0 Å². The van der Waals surface area contributed by atoms with Crippen molar-refractivity contribution < 1.29 is 14.6 Å². The maximum Gasteiger partial charge on any atom is 0.193 e. The largest absolute Gasteiger partial charge is 0.392 e. The lowest BCUT2D eigenvalue weighted by Gasteiger charge is -2.48. The van der Waals surface area contributed by atoms with E-state index in [4.69, 9.17) is 9.47 Å². The molecule has 4 heteroatoms. The van der Waals surface area contributed by atoms with E-state index in [0.29, 0.717) is 12.5 Å². The summed E-state index contributed by atoms with van der Waals surface area (Å²) < 4.78 is 10.5. The van der Waals surface area contributed by atoms with Crippen molar-refractivity contribution in [2.24, 2.45) is 5.92 Å². The Hall–Kier alpha value is -0.160. The Bertz CT molecular complexity index is 184. The molecule has 0 aromatic heterocycles. The van der Waals surface area contributed by atoms with Crippen LogP contribution in [0, 0.1) is 5.92 Å². The Morgan fingerprint density at radius 1 is 1.27 bits per heavy atom. The fourth-order valence-corrected chi connectivity index (χ4v) is 2.02. The van der Waals surface area contributed by atoms with Crippen molar-refractivity contribution in [1.82, 2.24) is 4.90 Å². The van der Waals surface area contributed by atoms with Crippen LogP contribution >= 0.6 is 0 Å². The maximum absolute atomic E-state index is 9.75. The van der Waals surface area contributed by atoms with Crippen LogP contribution in [0.1, 0.15) is 20.3 Å². The first kappa shape index (κ1) is 12.9. The molecule has 0 bridgehead atoms. The predicted molar refractivity (Wildman–Crippen MR) is 58.7 cm³/mol. The molecule has 1 rings (SSSR count). The van der Waals surface area contributed by atoms with Crippen LogP contribution in [0.3, 0.4) is 0 Å². The fraction of sp³-hybridized carbons (Fsp3) is 1.00. The van der Waals surface area contributed by atoms with Gasteiger partial charge in [0.1, 0.15) is 0 Å². The minimum Gasteiger partial charge on any atom is -0.392 e. The van der Waals surface area contributed by atoms with Crippen LogP contribution in [0.25, 0.3) is 0 Å². The smallest absolute Gasteiger partial charge is 0.193 e. The summed E-state index contributed by atoms with van der Waals surface area (Å²) in [5, 5.41) is 9.75. The molecule has 1 saturated heterocycles. The van der Waals surface area contributed by atoms with Gasteiger partial charge in [0.15, 0.2) is 5.79 Å². The predicted octanol–water partition coefficient (Wildman–Crippen LogP) is 0.698. The van der Waals surface area contributed by atoms with Gasteiger partial charge in [-0.2, -0.15) is 0 Å². The molecule has 4 nitrogen and oxygen atoms in total. The van der Waals surface area contributed by atoms with E-state index in [-0.39, 0.29) is 6.10 Å². The molecule has 1 atom stereocenters. The number of likely N-dealkylation sites (tertiary alicyclic amines) is 1. The first-order valence-corrected chi connectivity index (χ1v) is 5.52. The van der Waals surface area contributed by atoms with Crippen LogP contribution in [-0.4, -0.2) is 55.8 Å². The van der Waals surface area contributed by atoms with Crippen molar-refractivity contribution in [3.63, 3.8) is 0 Å². The molecule has 1 aliphatic rings. The van der Waals surface area contributed by atoms with Crippen LogP contribution in [0.15, 0.2) is 0 Å². The number of rotatable bonds is 6. The van der Waals surface area contributed by atoms with Crippen molar-refractivity contribution in [3.8, 4) is 0 Å². The number of methoxy groups -OCH3 is 2. The summed E-state index contributed by atoms with van der Waals surface area (Å²) in [6.45, 7) is 6.44. The third-order valence-corrected chi connectivity index (χ3v) is 2.89. The zero-order valence-electron chi connectivity index (χ0n) is 10.2. The molecule has 1 heterocycles. The van der Waals surface area contributed by atoms with Gasteiger partial charge >= 0.3 is 0 Å². The molecule has 0 radical (unpaired) electrons. The first-order chi connectivity index (χ1) is 7.01. The van der Waals surface area contributed by atoms with E-state index >= 15 is 0 Å². The molecular formula is C11H23NO3. The average Bonchev–Trinajstić information content (AvgIpc) is 2.09. The monoisotopic (exact) mass is 217 g/mol. The zero-order chi connectivity index (χ0) is 11.5. The molecule has 15 heavy (non-hydrogen) atoms. The average molecular weight is 217 g/mol. The fourth-order valence-electron chi connectivity index (χ4n) is 2.02. The van der Waals surface area contributed by atoms with Gasteiger partial charge in [-0.1, -0.05) is 13.8 Å². The normalized spacial score (nSPS) is 22.8. The van der Waals surface area contributed by atoms with Gasteiger partial charge in [-0.05, 0) is 12.3 Å². The second kappa shape index (κ2) is 5.25. The Kier molecular flexibility index (Phi) is 4.52. The minimum atomic E-state index is -0.433. The second-order valence-electron chi connectivity index (χ2n) is 4.77. The highest BCUT2D eigenvalue weighted by atomic mass is 16.7. The highest BCUT2D eigenvalue weighted by molar-refractivity contribution is 4.90. The summed E-state index contributed by atoms with van der Waals surface area (Å²) in [6.07, 6.45) is 0.612. The standard InChI is InChI=1S/C11H23NO3/c1-9(2)5-10(13)6-12-7-11(8-12,14-3)15-4/h9-10,13H,5-8H2,1-4H3. The molecule has 1 N–H and O–H groups in total. The van der Waals surface area contributed by atoms with Crippen LogP contribution in [0.2, 0.25) is 0 Å². The minimum absolute atomic E-state index is 0.239. The van der Waals surface area contributed by atoms with Gasteiger partial charge in [-0.15, -0.1) is 0 Å². The van der Waals surface area contributed by atoms with Gasteiger partial charge in [0.05, 0.1) is 19.2 Å². The molecular weight excluding hydrogens is 194 g/mol. The summed E-state index contributed by atoms with van der Waals surface area (Å²) in [5.41, 5.74) is 0. The third kappa shape index (κ3) is 3.41. The lowest BCUT2D eigenvalue weighted by Crippen LogP contribution is -2.65. The molecule has 1 unspecified atom stereocenters. The van der Waals surface area contributed by atoms with Gasteiger partial charge in [-0.25, -0.2) is 0 Å². The molecule has 0 aromatic carbocycles. The van der Waals surface area contributed by atoms with Gasteiger partial charge in [-0.3, -0.25) is 4.90 Å². The number of hydrogen-bond acceptors (Lipinski definition) is 4. The maximum atomic E-state index is 9.75. The zero-order valence-corrected chi connectivity index (χ0v) is 10.2. The highest BCUT2D eigenvalue weighted by Gasteiger charge is 2.43. The van der Waals surface area contributed by atoms with Crippen LogP contribution in [0.5, 0.6) is 0 Å². The third-order valence-electron chi connectivity index (χ3n) is 2.89. The molecule has 1 aliphatic heterocycles. The summed E-state index contributed by atoms with van der Waals surface area (Å²) >= 11 is 0. The van der Waals surface area contributed by atoms with Gasteiger partial charge in [0.2, 0.25) is 0 Å². The number of β-amino-alcohol motifs (C(OH)–C–C–N with tert-alkyl or cyclic N) is 1. The van der Waals surface area contributed by atoms with E-state index in [2.05, 4.69) is 18.7 Å². The first-order valence-electron chi connectivity index (χ1n) is 5.52. The molecule has 90 valence electrons. The van der Waals surface area contributed by atoms with Crippen molar-refractivity contribution in [2.75, 3.05) is 33.9 Å². The molecule has 0 aliphatic carbocycles. The number of hydrogen-bond donors (Lipinski definition) is 1. The van der Waals surface area contributed by atoms with E-state index < -0.39 is 5.79 Å². The van der Waals surface area contributed by atoms with Crippen LogP contribution in [0.4, 0.5) is 0 Å². The summed E-state index contributed by atoms with van der Waals surface area (Å²) in [7, 11) is 3.32. The van der Waals surface area contributed by atoms with E-state index in [9.17, 15) is 5.11 Å². The van der Waals surface area contributed by atoms with Crippen molar-refractivity contribution in [3.05, 3.63) is 0 Å². The Morgan fingerprint density at radius 3 is 2.20 bits per heavy atom. The molecule has 0 spiro atoms. The van der Waals surface area contributed by atoms with E-state index in [1.165, 1.54) is 0 Å². The van der Waals surface area contributed by atoms with Gasteiger partial charge in [0, 0.05) is 20.8 Å². The highest BCUT2D eigenvalue weighted by Crippen LogP contribution is 2.25. The Balaban J connectivity index is 2.22. The topological polar surface area (TPSA) is 41.9 Å². The van der Waals surface area contributed by atoms with Crippen molar-refractivity contribution in [1.29, 1.82) is 0 Å². The second-order valence-corrected chi connectivity index (χ2v) is 4.77. The summed E-state index contributed by atoms with van der Waals surface area (Å²) in [6, 6.07) is 0. The SMILES string of the molecule is COC1(OC)CN(CC(O)CC(C)C)C1. The Morgan fingerprint density at radius 2 is 1.80 bits per heavy atom. The summed E-state index contributed by atoms with van der Waals surface area (Å²) in [5.74, 6) is 0.105. The van der Waals surface area contributed by atoms with Crippen LogP contribution < -0.4 is 0 Å². The van der Waals surface area contributed by atoms with Gasteiger partial charge < -0.3 is 14.6 Å². The summed E-state index contributed by atoms with van der Waals surface area (Å²) in [4.78, 5) is 2.15. The number of aliphatic hydroxyl groups excluding tert-OH is 1. The number of aliphatic hydroxyl groups is 1. The quantitative estimate of drug-likeness (QED) is 0.665. The lowest BCUT2D eigenvalue weighted by atomic mass is 10.0. The van der Waals surface area contributed by atoms with Crippen LogP contribution in [-0.2, 0) is 9.47 Å². The Labute approximate surface area is 92.2 Å². The van der Waals surface area contributed by atoms with E-state index in [1.54, 1.807) is 14.2 Å². The van der Waals surface area contributed by atoms with Crippen molar-refractivity contribution in [2.45, 2.75) is 32.2 Å². The van der Waals surface area contributed by atoms with Gasteiger partial charge in [0.25, 0.3) is 0 Å². The molecule has 0 amide bonds. The van der Waals surface area contributed by atoms with E-state index in [1.807, 2.05) is 0 Å². The number of nitrogens with zero attached hydrogens (tertiary/aromatic N) is 1. The lowest BCUT2D eigenvalue weighted by molar-refractivity contribution is -0.277. The van der Waals surface area contributed by atoms with E-state index in [0.717, 1.165) is 19.5 Å². The molecule has 0 saturated carbocycles. The number of ether oxygens (including phenoxy) is 2.